The van der Waals surface area contributed by atoms with E-state index in [2.05, 4.69) is 6.07 Å². The zero-order valence-corrected chi connectivity index (χ0v) is 5.59. The van der Waals surface area contributed by atoms with Gasteiger partial charge in [-0.25, -0.2) is 0 Å². The average Bonchev–Trinajstić information content (AvgIpc) is 2.32. The van der Waals surface area contributed by atoms with E-state index in [9.17, 15) is 4.79 Å². The van der Waals surface area contributed by atoms with E-state index < -0.39 is 0 Å². The predicted octanol–water partition coefficient (Wildman–Crippen LogP) is 0.981. The lowest BCUT2D eigenvalue weighted by Crippen LogP contribution is -1.89. The number of aldehydes is 1. The highest BCUT2D eigenvalue weighted by Crippen LogP contribution is 2.56. The SMILES string of the molecule is CC1(C)[C@H](C#N)[C@H]1C=O. The van der Waals surface area contributed by atoms with Crippen LogP contribution in [-0.4, -0.2) is 6.29 Å². The maximum absolute atomic E-state index is 10.2. The van der Waals surface area contributed by atoms with Crippen LogP contribution in [0.5, 0.6) is 0 Å². The Bertz CT molecular complexity index is 178. The van der Waals surface area contributed by atoms with Crippen LogP contribution < -0.4 is 0 Å². The molecule has 0 unspecified atom stereocenters. The van der Waals surface area contributed by atoms with Gasteiger partial charge in [-0.1, -0.05) is 13.8 Å². The highest BCUT2D eigenvalue weighted by Gasteiger charge is 2.58. The molecule has 0 N–H and O–H groups in total. The molecule has 0 aromatic rings. The Morgan fingerprint density at radius 2 is 2.22 bits per heavy atom. The number of hydrogen-bond donors (Lipinski definition) is 0. The molecule has 1 aliphatic rings. The molecular formula is C7H9NO. The average molecular weight is 123 g/mol. The molecule has 1 fully saturated rings. The molecule has 0 aromatic carbocycles. The summed E-state index contributed by atoms with van der Waals surface area (Å²) in [5, 5.41) is 8.43. The summed E-state index contributed by atoms with van der Waals surface area (Å²) in [7, 11) is 0. The minimum atomic E-state index is -0.0451. The minimum Gasteiger partial charge on any atom is -0.303 e. The third kappa shape index (κ3) is 0.647. The van der Waals surface area contributed by atoms with Crippen LogP contribution in [-0.2, 0) is 4.79 Å². The molecule has 0 aromatic heterocycles. The van der Waals surface area contributed by atoms with Gasteiger partial charge in [-0.05, 0) is 5.41 Å². The van der Waals surface area contributed by atoms with Crippen LogP contribution in [0.4, 0.5) is 0 Å². The van der Waals surface area contributed by atoms with Gasteiger partial charge in [0.15, 0.2) is 0 Å². The molecule has 48 valence electrons. The van der Waals surface area contributed by atoms with Crippen molar-refractivity contribution in [2.75, 3.05) is 0 Å². The Kier molecular flexibility index (Phi) is 1.10. The molecule has 0 amide bonds. The summed E-state index contributed by atoms with van der Waals surface area (Å²) in [4.78, 5) is 10.2. The van der Waals surface area contributed by atoms with E-state index in [0.717, 1.165) is 6.29 Å². The number of hydrogen-bond acceptors (Lipinski definition) is 2. The number of nitrogens with zero attached hydrogens (tertiary/aromatic N) is 1. The second kappa shape index (κ2) is 1.57. The zero-order chi connectivity index (χ0) is 7.07. The van der Waals surface area contributed by atoms with Gasteiger partial charge >= 0.3 is 0 Å². The van der Waals surface area contributed by atoms with Gasteiger partial charge in [0.25, 0.3) is 0 Å². The van der Waals surface area contributed by atoms with Crippen molar-refractivity contribution in [1.29, 1.82) is 5.26 Å². The van der Waals surface area contributed by atoms with E-state index in [1.807, 2.05) is 13.8 Å². The number of nitriles is 1. The van der Waals surface area contributed by atoms with Crippen molar-refractivity contribution in [3.05, 3.63) is 0 Å². The standard InChI is InChI=1S/C7H9NO/c1-7(2)5(3-8)6(7)4-9/h4-6H,1-2H3/t5-,6-/m1/s1. The number of carbonyl (C=O) groups is 1. The summed E-state index contributed by atoms with van der Waals surface area (Å²) in [6, 6.07) is 2.10. The van der Waals surface area contributed by atoms with E-state index in [4.69, 9.17) is 5.26 Å². The molecule has 0 spiro atoms. The first-order valence-corrected chi connectivity index (χ1v) is 2.99. The molecular weight excluding hydrogens is 114 g/mol. The Morgan fingerprint density at radius 1 is 1.67 bits per heavy atom. The first kappa shape index (κ1) is 6.28. The van der Waals surface area contributed by atoms with Crippen molar-refractivity contribution in [3.63, 3.8) is 0 Å². The quantitative estimate of drug-likeness (QED) is 0.488. The van der Waals surface area contributed by atoms with Gasteiger partial charge in [-0.3, -0.25) is 0 Å². The fourth-order valence-corrected chi connectivity index (χ4v) is 1.18. The fraction of sp³-hybridized carbons (Fsp3) is 0.714. The smallest absolute Gasteiger partial charge is 0.124 e. The van der Waals surface area contributed by atoms with E-state index in [1.54, 1.807) is 0 Å². The van der Waals surface area contributed by atoms with Crippen molar-refractivity contribution in [2.24, 2.45) is 17.3 Å². The second-order valence-corrected chi connectivity index (χ2v) is 3.09. The number of carbonyl (C=O) groups excluding carboxylic acids is 1. The van der Waals surface area contributed by atoms with Crippen molar-refractivity contribution in [2.45, 2.75) is 13.8 Å². The molecule has 0 saturated heterocycles. The lowest BCUT2D eigenvalue weighted by atomic mass is 10.1. The number of rotatable bonds is 1. The van der Waals surface area contributed by atoms with E-state index >= 15 is 0 Å². The van der Waals surface area contributed by atoms with Crippen LogP contribution in [0, 0.1) is 28.6 Å². The van der Waals surface area contributed by atoms with Gasteiger partial charge < -0.3 is 4.79 Å². The fourth-order valence-electron chi connectivity index (χ4n) is 1.18. The van der Waals surface area contributed by atoms with Crippen molar-refractivity contribution in [1.82, 2.24) is 0 Å². The van der Waals surface area contributed by atoms with Gasteiger partial charge in [0.1, 0.15) is 6.29 Å². The molecule has 1 saturated carbocycles. The van der Waals surface area contributed by atoms with E-state index in [-0.39, 0.29) is 17.3 Å². The monoisotopic (exact) mass is 123 g/mol. The normalized spacial score (nSPS) is 37.0. The summed E-state index contributed by atoms with van der Waals surface area (Å²) in [6.45, 7) is 3.89. The predicted molar refractivity (Wildman–Crippen MR) is 32.4 cm³/mol. The highest BCUT2D eigenvalue weighted by molar-refractivity contribution is 5.62. The first-order valence-electron chi connectivity index (χ1n) is 2.99. The van der Waals surface area contributed by atoms with E-state index in [0.29, 0.717) is 0 Å². The molecule has 1 rings (SSSR count). The van der Waals surface area contributed by atoms with Crippen LogP contribution in [0.2, 0.25) is 0 Å². The van der Waals surface area contributed by atoms with Crippen LogP contribution in [0.25, 0.3) is 0 Å². The van der Waals surface area contributed by atoms with E-state index in [1.165, 1.54) is 0 Å². The van der Waals surface area contributed by atoms with Crippen molar-refractivity contribution >= 4 is 6.29 Å². The summed E-state index contributed by atoms with van der Waals surface area (Å²) >= 11 is 0. The molecule has 2 atom stereocenters. The molecule has 0 heterocycles. The van der Waals surface area contributed by atoms with Crippen LogP contribution in [0.3, 0.4) is 0 Å². The molecule has 0 radical (unpaired) electrons. The molecule has 0 bridgehead atoms. The molecule has 1 aliphatic carbocycles. The summed E-state index contributed by atoms with van der Waals surface area (Å²) in [5.74, 6) is -0.0440. The Hall–Kier alpha value is -0.840. The lowest BCUT2D eigenvalue weighted by Gasteiger charge is -1.92. The molecule has 2 nitrogen and oxygen atoms in total. The summed E-state index contributed by atoms with van der Waals surface area (Å²) < 4.78 is 0. The molecule has 2 heteroatoms. The first-order chi connectivity index (χ1) is 4.14. The third-order valence-corrected chi connectivity index (χ3v) is 2.20. The Balaban J connectivity index is 2.68. The third-order valence-electron chi connectivity index (χ3n) is 2.20. The maximum Gasteiger partial charge on any atom is 0.124 e. The topological polar surface area (TPSA) is 40.9 Å². The van der Waals surface area contributed by atoms with Gasteiger partial charge in [0.2, 0.25) is 0 Å². The maximum atomic E-state index is 10.2. The highest BCUT2D eigenvalue weighted by atomic mass is 16.1. The van der Waals surface area contributed by atoms with Crippen LogP contribution in [0.15, 0.2) is 0 Å². The van der Waals surface area contributed by atoms with Crippen LogP contribution in [0.1, 0.15) is 13.8 Å². The molecule has 0 aliphatic heterocycles. The van der Waals surface area contributed by atoms with Gasteiger partial charge in [0, 0.05) is 5.92 Å². The Labute approximate surface area is 54.5 Å². The minimum absolute atomic E-state index is 0.0116. The molecule has 9 heavy (non-hydrogen) atoms. The second-order valence-electron chi connectivity index (χ2n) is 3.09. The summed E-state index contributed by atoms with van der Waals surface area (Å²) in [5.41, 5.74) is -0.0451. The van der Waals surface area contributed by atoms with Crippen molar-refractivity contribution < 1.29 is 4.79 Å². The summed E-state index contributed by atoms with van der Waals surface area (Å²) in [6.07, 6.45) is 0.883. The Morgan fingerprint density at radius 3 is 2.33 bits per heavy atom. The van der Waals surface area contributed by atoms with Crippen molar-refractivity contribution in [3.8, 4) is 6.07 Å². The van der Waals surface area contributed by atoms with Gasteiger partial charge in [0.05, 0.1) is 12.0 Å². The van der Waals surface area contributed by atoms with Gasteiger partial charge in [-0.15, -0.1) is 0 Å². The van der Waals surface area contributed by atoms with Crippen LogP contribution >= 0.6 is 0 Å². The zero-order valence-electron chi connectivity index (χ0n) is 5.59. The van der Waals surface area contributed by atoms with Gasteiger partial charge in [-0.2, -0.15) is 5.26 Å². The lowest BCUT2D eigenvalue weighted by molar-refractivity contribution is -0.109. The largest absolute Gasteiger partial charge is 0.303 e.